The molecule has 0 unspecified atom stereocenters. The van der Waals surface area contributed by atoms with Gasteiger partial charge in [-0.2, -0.15) is 0 Å². The minimum atomic E-state index is -0.503. The molecule has 1 atom stereocenters. The van der Waals surface area contributed by atoms with E-state index in [0.717, 1.165) is 19.4 Å². The molecule has 1 fully saturated rings. The number of rotatable bonds is 9. The number of hydrogen-bond acceptors (Lipinski definition) is 7. The van der Waals surface area contributed by atoms with Crippen molar-refractivity contribution in [2.75, 3.05) is 44.5 Å². The number of hydrogen-bond donors (Lipinski definition) is 2. The normalized spacial score (nSPS) is 15.6. The number of anilines is 3. The fourth-order valence-corrected chi connectivity index (χ4v) is 3.82. The summed E-state index contributed by atoms with van der Waals surface area (Å²) in [5.41, 5.74) is 1.73. The molecule has 2 heterocycles. The summed E-state index contributed by atoms with van der Waals surface area (Å²) >= 11 is 5.92. The third-order valence-corrected chi connectivity index (χ3v) is 5.67. The van der Waals surface area contributed by atoms with Crippen molar-refractivity contribution in [2.24, 2.45) is 0 Å². The van der Waals surface area contributed by atoms with Gasteiger partial charge in [-0.15, -0.1) is 0 Å². The molecule has 2 aromatic carbocycles. The zero-order chi connectivity index (χ0) is 24.1. The van der Waals surface area contributed by atoms with Gasteiger partial charge in [-0.1, -0.05) is 11.6 Å². The molecule has 3 aromatic rings. The van der Waals surface area contributed by atoms with Crippen LogP contribution in [-0.4, -0.2) is 60.7 Å². The lowest BCUT2D eigenvalue weighted by Gasteiger charge is -2.18. The molecule has 8 nitrogen and oxygen atoms in total. The number of ether oxygens (including phenoxy) is 2. The van der Waals surface area contributed by atoms with Gasteiger partial charge in [0, 0.05) is 30.0 Å². The van der Waals surface area contributed by atoms with Gasteiger partial charge in [-0.05, 0) is 51.3 Å². The second kappa shape index (κ2) is 10.9. The molecule has 0 bridgehead atoms. The second-order valence-corrected chi connectivity index (χ2v) is 8.81. The number of carbonyl (C=O) groups excluding carboxylic acids is 1. The Hall–Kier alpha value is -3.01. The standard InChI is InChI=1S/C24H27ClFN5O3/c1-31(2)8-3-4-23(32)30-21-11-17-20(12-22(21)34-16-7-9-33-13-16)27-14-28-24(17)29-15-5-6-19(26)18(25)10-15/h5-6,10-12,14,16H,3-4,7-9,13H2,1-2H3,(H,30,32)(H,27,28,29)/t16-/m0/s1. The van der Waals surface area contributed by atoms with Gasteiger partial charge in [0.15, 0.2) is 0 Å². The molecule has 0 aliphatic carbocycles. The number of nitrogens with one attached hydrogen (secondary N) is 2. The molecule has 180 valence electrons. The van der Waals surface area contributed by atoms with E-state index in [0.29, 0.717) is 53.5 Å². The van der Waals surface area contributed by atoms with Crippen molar-refractivity contribution in [1.29, 1.82) is 0 Å². The zero-order valence-electron chi connectivity index (χ0n) is 19.1. The van der Waals surface area contributed by atoms with Crippen LogP contribution in [0.1, 0.15) is 19.3 Å². The van der Waals surface area contributed by atoms with Crippen molar-refractivity contribution in [3.8, 4) is 5.75 Å². The Morgan fingerprint density at radius 1 is 1.29 bits per heavy atom. The summed E-state index contributed by atoms with van der Waals surface area (Å²) in [5, 5.41) is 6.81. The van der Waals surface area contributed by atoms with Gasteiger partial charge in [0.05, 0.1) is 29.4 Å². The van der Waals surface area contributed by atoms with Gasteiger partial charge in [0.2, 0.25) is 5.91 Å². The largest absolute Gasteiger partial charge is 0.486 e. The number of carbonyl (C=O) groups is 1. The maximum Gasteiger partial charge on any atom is 0.224 e. The Balaban J connectivity index is 1.65. The van der Waals surface area contributed by atoms with Gasteiger partial charge in [-0.3, -0.25) is 4.79 Å². The summed E-state index contributed by atoms with van der Waals surface area (Å²) in [4.78, 5) is 23.4. The first-order valence-corrected chi connectivity index (χ1v) is 11.5. The summed E-state index contributed by atoms with van der Waals surface area (Å²) in [5.74, 6) is 0.409. The van der Waals surface area contributed by atoms with Crippen molar-refractivity contribution in [2.45, 2.75) is 25.4 Å². The smallest absolute Gasteiger partial charge is 0.224 e. The van der Waals surface area contributed by atoms with E-state index >= 15 is 0 Å². The number of benzene rings is 2. The van der Waals surface area contributed by atoms with E-state index in [1.165, 1.54) is 18.5 Å². The molecular formula is C24H27ClFN5O3. The van der Waals surface area contributed by atoms with Crippen LogP contribution in [0.25, 0.3) is 10.9 Å². The Bertz CT molecular complexity index is 1170. The van der Waals surface area contributed by atoms with E-state index in [2.05, 4.69) is 20.6 Å². The van der Waals surface area contributed by atoms with Crippen molar-refractivity contribution < 1.29 is 18.7 Å². The van der Waals surface area contributed by atoms with Crippen LogP contribution in [-0.2, 0) is 9.53 Å². The van der Waals surface area contributed by atoms with Gasteiger partial charge in [-0.25, -0.2) is 14.4 Å². The first kappa shape index (κ1) is 24.1. The minimum absolute atomic E-state index is 0.00325. The van der Waals surface area contributed by atoms with E-state index in [1.807, 2.05) is 19.0 Å². The van der Waals surface area contributed by atoms with Gasteiger partial charge < -0.3 is 25.0 Å². The highest BCUT2D eigenvalue weighted by Gasteiger charge is 2.21. The Kier molecular flexibility index (Phi) is 7.77. The molecule has 34 heavy (non-hydrogen) atoms. The number of nitrogens with zero attached hydrogens (tertiary/aromatic N) is 3. The van der Waals surface area contributed by atoms with Crippen molar-refractivity contribution in [1.82, 2.24) is 14.9 Å². The fraction of sp³-hybridized carbons (Fsp3) is 0.375. The highest BCUT2D eigenvalue weighted by Crippen LogP contribution is 2.35. The van der Waals surface area contributed by atoms with Crippen LogP contribution in [0.5, 0.6) is 5.75 Å². The van der Waals surface area contributed by atoms with E-state index in [4.69, 9.17) is 21.1 Å². The maximum absolute atomic E-state index is 13.6. The van der Waals surface area contributed by atoms with E-state index in [1.54, 1.807) is 18.2 Å². The second-order valence-electron chi connectivity index (χ2n) is 8.40. The first-order chi connectivity index (χ1) is 16.4. The lowest BCUT2D eigenvalue weighted by molar-refractivity contribution is -0.116. The Morgan fingerprint density at radius 2 is 2.15 bits per heavy atom. The minimum Gasteiger partial charge on any atom is -0.486 e. The average Bonchev–Trinajstić information content (AvgIpc) is 3.30. The number of amides is 1. The van der Waals surface area contributed by atoms with Crippen LogP contribution in [0.4, 0.5) is 21.6 Å². The molecule has 1 aromatic heterocycles. The van der Waals surface area contributed by atoms with Crippen molar-refractivity contribution >= 4 is 45.6 Å². The summed E-state index contributed by atoms with van der Waals surface area (Å²) in [6.07, 6.45) is 3.23. The third kappa shape index (κ3) is 6.11. The molecule has 2 N–H and O–H groups in total. The fourth-order valence-electron chi connectivity index (χ4n) is 3.64. The van der Waals surface area contributed by atoms with Gasteiger partial charge in [0.25, 0.3) is 0 Å². The topological polar surface area (TPSA) is 88.6 Å². The van der Waals surface area contributed by atoms with Crippen LogP contribution in [0.3, 0.4) is 0 Å². The van der Waals surface area contributed by atoms with Crippen molar-refractivity contribution in [3.05, 3.63) is 47.5 Å². The summed E-state index contributed by atoms with van der Waals surface area (Å²) in [7, 11) is 3.94. The first-order valence-electron chi connectivity index (χ1n) is 11.1. The lowest BCUT2D eigenvalue weighted by Crippen LogP contribution is -2.19. The van der Waals surface area contributed by atoms with Crippen molar-refractivity contribution in [3.63, 3.8) is 0 Å². The summed E-state index contributed by atoms with van der Waals surface area (Å²) in [6, 6.07) is 7.91. The Labute approximate surface area is 202 Å². The molecule has 0 radical (unpaired) electrons. The molecular weight excluding hydrogens is 461 g/mol. The molecule has 1 aliphatic rings. The SMILES string of the molecule is CN(C)CCCC(=O)Nc1cc2c(Nc3ccc(F)c(Cl)c3)ncnc2cc1O[C@H]1CCOC1. The van der Waals surface area contributed by atoms with Crippen LogP contribution >= 0.6 is 11.6 Å². The average molecular weight is 488 g/mol. The van der Waals surface area contributed by atoms with E-state index in [-0.39, 0.29) is 17.0 Å². The van der Waals surface area contributed by atoms with Crippen LogP contribution in [0, 0.1) is 5.82 Å². The predicted molar refractivity (Wildman–Crippen MR) is 131 cm³/mol. The van der Waals surface area contributed by atoms with Crippen LogP contribution in [0.2, 0.25) is 5.02 Å². The number of halogens is 2. The van der Waals surface area contributed by atoms with Gasteiger partial charge >= 0.3 is 0 Å². The third-order valence-electron chi connectivity index (χ3n) is 5.38. The quantitative estimate of drug-likeness (QED) is 0.455. The molecule has 1 aliphatic heterocycles. The summed E-state index contributed by atoms with van der Waals surface area (Å²) < 4.78 is 25.1. The molecule has 10 heteroatoms. The predicted octanol–water partition coefficient (Wildman–Crippen LogP) is 4.61. The number of fused-ring (bicyclic) bond motifs is 1. The monoisotopic (exact) mass is 487 g/mol. The highest BCUT2D eigenvalue weighted by molar-refractivity contribution is 6.31. The molecule has 0 saturated carbocycles. The lowest BCUT2D eigenvalue weighted by atomic mass is 10.1. The molecule has 1 saturated heterocycles. The van der Waals surface area contributed by atoms with Crippen LogP contribution in [0.15, 0.2) is 36.7 Å². The van der Waals surface area contributed by atoms with Crippen LogP contribution < -0.4 is 15.4 Å². The van der Waals surface area contributed by atoms with Gasteiger partial charge in [0.1, 0.15) is 29.8 Å². The van der Waals surface area contributed by atoms with E-state index < -0.39 is 5.82 Å². The molecule has 4 rings (SSSR count). The molecule has 1 amide bonds. The number of aromatic nitrogens is 2. The summed E-state index contributed by atoms with van der Waals surface area (Å²) in [6.45, 7) is 1.95. The maximum atomic E-state index is 13.6. The molecule has 0 spiro atoms. The highest BCUT2D eigenvalue weighted by atomic mass is 35.5. The Morgan fingerprint density at radius 3 is 2.88 bits per heavy atom. The van der Waals surface area contributed by atoms with E-state index in [9.17, 15) is 9.18 Å². The zero-order valence-corrected chi connectivity index (χ0v) is 19.9.